The van der Waals surface area contributed by atoms with Gasteiger partial charge in [-0.05, 0) is 5.92 Å². The minimum atomic E-state index is -0.999. The van der Waals surface area contributed by atoms with E-state index in [2.05, 4.69) is 0 Å². The van der Waals surface area contributed by atoms with Gasteiger partial charge < -0.3 is 14.7 Å². The largest absolute Gasteiger partial charge is 0.479 e. The summed E-state index contributed by atoms with van der Waals surface area (Å²) in [5.41, 5.74) is 0. The van der Waals surface area contributed by atoms with Crippen LogP contribution in [0.15, 0.2) is 0 Å². The van der Waals surface area contributed by atoms with Crippen molar-refractivity contribution in [2.45, 2.75) is 32.8 Å². The average Bonchev–Trinajstić information content (AvgIpc) is 2.28. The second-order valence-electron chi connectivity index (χ2n) is 4.25. The Balaban J connectivity index is 2.47. The molecule has 1 fully saturated rings. The van der Waals surface area contributed by atoms with Crippen molar-refractivity contribution in [2.24, 2.45) is 5.92 Å². The summed E-state index contributed by atoms with van der Waals surface area (Å²) in [7, 11) is 0. The number of hydrogen-bond donors (Lipinski definition) is 1. The Morgan fingerprint density at radius 3 is 2.81 bits per heavy atom. The van der Waals surface area contributed by atoms with E-state index in [4.69, 9.17) is 9.84 Å². The number of amides is 1. The van der Waals surface area contributed by atoms with Crippen molar-refractivity contribution in [3.05, 3.63) is 0 Å². The number of hydrogen-bond acceptors (Lipinski definition) is 3. The fraction of sp³-hybridized carbons (Fsp3) is 0.818. The normalized spacial score (nSPS) is 22.9. The molecular weight excluding hydrogens is 210 g/mol. The van der Waals surface area contributed by atoms with Crippen LogP contribution < -0.4 is 0 Å². The molecule has 5 heteroatoms. The van der Waals surface area contributed by atoms with Crippen molar-refractivity contribution in [3.63, 3.8) is 0 Å². The zero-order valence-electron chi connectivity index (χ0n) is 9.81. The lowest BCUT2D eigenvalue weighted by molar-refractivity contribution is -0.159. The van der Waals surface area contributed by atoms with E-state index in [1.165, 1.54) is 0 Å². The molecule has 1 aliphatic rings. The van der Waals surface area contributed by atoms with E-state index in [9.17, 15) is 9.59 Å². The molecule has 16 heavy (non-hydrogen) atoms. The van der Waals surface area contributed by atoms with Crippen LogP contribution in [-0.2, 0) is 14.3 Å². The Morgan fingerprint density at radius 1 is 1.56 bits per heavy atom. The van der Waals surface area contributed by atoms with Crippen molar-refractivity contribution < 1.29 is 19.4 Å². The first kappa shape index (κ1) is 13.0. The van der Waals surface area contributed by atoms with E-state index >= 15 is 0 Å². The topological polar surface area (TPSA) is 66.8 Å². The molecule has 1 rings (SSSR count). The molecule has 0 radical (unpaired) electrons. The third kappa shape index (κ3) is 3.48. The minimum absolute atomic E-state index is 0.0314. The molecule has 0 bridgehead atoms. The van der Waals surface area contributed by atoms with E-state index in [1.54, 1.807) is 4.90 Å². The lowest BCUT2D eigenvalue weighted by Crippen LogP contribution is -2.48. The Labute approximate surface area is 95.4 Å². The van der Waals surface area contributed by atoms with E-state index in [0.717, 1.165) is 6.42 Å². The maximum Gasteiger partial charge on any atom is 0.334 e. The third-order valence-electron chi connectivity index (χ3n) is 2.91. The molecule has 5 nitrogen and oxygen atoms in total. The van der Waals surface area contributed by atoms with Crippen LogP contribution in [0.25, 0.3) is 0 Å². The van der Waals surface area contributed by atoms with Crippen LogP contribution in [0.4, 0.5) is 0 Å². The summed E-state index contributed by atoms with van der Waals surface area (Å²) in [6.07, 6.45) is 0.580. The SMILES string of the molecule is CCC(C)CC(=O)N1CCOC(C(=O)O)C1. The Kier molecular flexibility index (Phi) is 4.73. The van der Waals surface area contributed by atoms with Gasteiger partial charge in [0.15, 0.2) is 6.10 Å². The van der Waals surface area contributed by atoms with E-state index in [-0.39, 0.29) is 12.5 Å². The van der Waals surface area contributed by atoms with Crippen molar-refractivity contribution in [1.82, 2.24) is 4.90 Å². The molecule has 0 aliphatic carbocycles. The molecule has 92 valence electrons. The third-order valence-corrected chi connectivity index (χ3v) is 2.91. The molecule has 0 spiro atoms. The highest BCUT2D eigenvalue weighted by molar-refractivity contribution is 5.78. The standard InChI is InChI=1S/C11H19NO4/c1-3-8(2)6-10(13)12-4-5-16-9(7-12)11(14)15/h8-9H,3-7H2,1-2H3,(H,14,15). The zero-order chi connectivity index (χ0) is 12.1. The van der Waals surface area contributed by atoms with Crippen molar-refractivity contribution >= 4 is 11.9 Å². The van der Waals surface area contributed by atoms with Crippen LogP contribution in [0.5, 0.6) is 0 Å². The average molecular weight is 229 g/mol. The van der Waals surface area contributed by atoms with Crippen LogP contribution in [-0.4, -0.2) is 47.7 Å². The summed E-state index contributed by atoms with van der Waals surface area (Å²) < 4.78 is 5.06. The smallest absolute Gasteiger partial charge is 0.334 e. The first-order valence-corrected chi connectivity index (χ1v) is 5.66. The number of aliphatic carboxylic acids is 1. The Morgan fingerprint density at radius 2 is 2.25 bits per heavy atom. The van der Waals surface area contributed by atoms with Gasteiger partial charge in [0.1, 0.15) is 0 Å². The number of carbonyl (C=O) groups is 2. The lowest BCUT2D eigenvalue weighted by atomic mass is 10.0. The number of carboxylic acid groups (broad SMARTS) is 1. The number of nitrogens with zero attached hydrogens (tertiary/aromatic N) is 1. The van der Waals surface area contributed by atoms with Gasteiger partial charge in [0.25, 0.3) is 0 Å². The zero-order valence-corrected chi connectivity index (χ0v) is 9.81. The maximum absolute atomic E-state index is 11.8. The highest BCUT2D eigenvalue weighted by Crippen LogP contribution is 2.12. The van der Waals surface area contributed by atoms with Gasteiger partial charge in [-0.3, -0.25) is 4.79 Å². The van der Waals surface area contributed by atoms with Gasteiger partial charge in [0, 0.05) is 13.0 Å². The van der Waals surface area contributed by atoms with Crippen molar-refractivity contribution in [1.29, 1.82) is 0 Å². The molecule has 2 unspecified atom stereocenters. The number of carbonyl (C=O) groups excluding carboxylic acids is 1. The molecule has 1 N–H and O–H groups in total. The van der Waals surface area contributed by atoms with Gasteiger partial charge >= 0.3 is 5.97 Å². The Hall–Kier alpha value is -1.10. The van der Waals surface area contributed by atoms with Crippen LogP contribution in [0.3, 0.4) is 0 Å². The van der Waals surface area contributed by atoms with Crippen LogP contribution in [0.1, 0.15) is 26.7 Å². The van der Waals surface area contributed by atoms with Gasteiger partial charge in [-0.25, -0.2) is 4.79 Å². The van der Waals surface area contributed by atoms with Crippen molar-refractivity contribution in [3.8, 4) is 0 Å². The molecule has 1 aliphatic heterocycles. The summed E-state index contributed by atoms with van der Waals surface area (Å²) >= 11 is 0. The molecule has 1 amide bonds. The number of carboxylic acids is 1. The first-order chi connectivity index (χ1) is 7.54. The molecule has 0 aromatic carbocycles. The molecule has 0 aromatic heterocycles. The molecular formula is C11H19NO4. The van der Waals surface area contributed by atoms with Crippen LogP contribution >= 0.6 is 0 Å². The highest BCUT2D eigenvalue weighted by Gasteiger charge is 2.29. The summed E-state index contributed by atoms with van der Waals surface area (Å²) in [6, 6.07) is 0. The van der Waals surface area contributed by atoms with Gasteiger partial charge in [-0.2, -0.15) is 0 Å². The quantitative estimate of drug-likeness (QED) is 0.772. The van der Waals surface area contributed by atoms with Crippen molar-refractivity contribution in [2.75, 3.05) is 19.7 Å². The molecule has 0 aromatic rings. The van der Waals surface area contributed by atoms with E-state index in [0.29, 0.717) is 25.5 Å². The monoisotopic (exact) mass is 229 g/mol. The fourth-order valence-electron chi connectivity index (χ4n) is 1.60. The highest BCUT2D eigenvalue weighted by atomic mass is 16.5. The van der Waals surface area contributed by atoms with E-state index in [1.807, 2.05) is 13.8 Å². The number of morpholine rings is 1. The molecule has 0 saturated carbocycles. The minimum Gasteiger partial charge on any atom is -0.479 e. The van der Waals surface area contributed by atoms with E-state index < -0.39 is 12.1 Å². The summed E-state index contributed by atoms with van der Waals surface area (Å²) in [5.74, 6) is -0.622. The second kappa shape index (κ2) is 5.84. The first-order valence-electron chi connectivity index (χ1n) is 5.66. The molecule has 2 atom stereocenters. The lowest BCUT2D eigenvalue weighted by Gasteiger charge is -2.31. The van der Waals surface area contributed by atoms with Crippen LogP contribution in [0, 0.1) is 5.92 Å². The Bertz CT molecular complexity index is 267. The second-order valence-corrected chi connectivity index (χ2v) is 4.25. The molecule has 1 saturated heterocycles. The predicted molar refractivity (Wildman–Crippen MR) is 58.0 cm³/mol. The number of rotatable bonds is 4. The maximum atomic E-state index is 11.8. The fourth-order valence-corrected chi connectivity index (χ4v) is 1.60. The number of ether oxygens (including phenoxy) is 1. The van der Waals surface area contributed by atoms with Gasteiger partial charge in [0.05, 0.1) is 13.2 Å². The summed E-state index contributed by atoms with van der Waals surface area (Å²) in [5, 5.41) is 8.80. The molecule has 1 heterocycles. The summed E-state index contributed by atoms with van der Waals surface area (Å²) in [6.45, 7) is 5.04. The van der Waals surface area contributed by atoms with Crippen LogP contribution in [0.2, 0.25) is 0 Å². The van der Waals surface area contributed by atoms with Gasteiger partial charge in [-0.1, -0.05) is 20.3 Å². The van der Waals surface area contributed by atoms with Gasteiger partial charge in [-0.15, -0.1) is 0 Å². The van der Waals surface area contributed by atoms with Gasteiger partial charge in [0.2, 0.25) is 5.91 Å². The predicted octanol–water partition coefficient (Wildman–Crippen LogP) is 0.735. The summed E-state index contributed by atoms with van der Waals surface area (Å²) in [4.78, 5) is 24.1.